The second kappa shape index (κ2) is 8.14. The van der Waals surface area contributed by atoms with Gasteiger partial charge in [0, 0.05) is 11.8 Å². The van der Waals surface area contributed by atoms with Crippen molar-refractivity contribution in [2.45, 2.75) is 13.5 Å². The number of carbonyl (C=O) groups excluding carboxylic acids is 1. The van der Waals surface area contributed by atoms with Gasteiger partial charge in [-0.1, -0.05) is 17.7 Å². The van der Waals surface area contributed by atoms with Crippen molar-refractivity contribution in [2.24, 2.45) is 0 Å². The lowest BCUT2D eigenvalue weighted by Crippen LogP contribution is -2.20. The Balaban J connectivity index is 1.96. The summed E-state index contributed by atoms with van der Waals surface area (Å²) in [5.41, 5.74) is 1.38. The van der Waals surface area contributed by atoms with E-state index >= 15 is 0 Å². The molecule has 0 fully saturated rings. The number of methoxy groups -OCH3 is 1. The summed E-state index contributed by atoms with van der Waals surface area (Å²) in [5, 5.41) is 2.54. The SMILES string of the molecule is COc1ccc(NC(=O)COc2ccc(C)cc2)cc1OC(F)F. The van der Waals surface area contributed by atoms with Crippen LogP contribution in [0.4, 0.5) is 14.5 Å². The Morgan fingerprint density at radius 3 is 2.46 bits per heavy atom. The van der Waals surface area contributed by atoms with Gasteiger partial charge < -0.3 is 19.5 Å². The molecule has 0 saturated carbocycles. The number of anilines is 1. The molecule has 24 heavy (non-hydrogen) atoms. The van der Waals surface area contributed by atoms with Crippen molar-refractivity contribution >= 4 is 11.6 Å². The maximum Gasteiger partial charge on any atom is 0.387 e. The number of amides is 1. The molecule has 2 aromatic carbocycles. The van der Waals surface area contributed by atoms with E-state index in [1.165, 1.54) is 25.3 Å². The smallest absolute Gasteiger partial charge is 0.387 e. The fourth-order valence-corrected chi connectivity index (χ4v) is 1.92. The van der Waals surface area contributed by atoms with Gasteiger partial charge in [-0.3, -0.25) is 4.79 Å². The molecular weight excluding hydrogens is 320 g/mol. The summed E-state index contributed by atoms with van der Waals surface area (Å²) in [6.45, 7) is -1.26. The fourth-order valence-electron chi connectivity index (χ4n) is 1.92. The predicted octanol–water partition coefficient (Wildman–Crippen LogP) is 3.62. The summed E-state index contributed by atoms with van der Waals surface area (Å²) in [7, 11) is 1.33. The largest absolute Gasteiger partial charge is 0.493 e. The molecular formula is C17H17F2NO4. The van der Waals surface area contributed by atoms with Gasteiger partial charge in [0.1, 0.15) is 5.75 Å². The lowest BCUT2D eigenvalue weighted by molar-refractivity contribution is -0.118. The van der Waals surface area contributed by atoms with Crippen LogP contribution in [0.3, 0.4) is 0 Å². The zero-order chi connectivity index (χ0) is 17.5. The van der Waals surface area contributed by atoms with Crippen LogP contribution in [0.2, 0.25) is 0 Å². The standard InChI is InChI=1S/C17H17F2NO4/c1-11-3-6-13(7-4-11)23-10-16(21)20-12-5-8-14(22-2)15(9-12)24-17(18)19/h3-9,17H,10H2,1-2H3,(H,20,21). The highest BCUT2D eigenvalue weighted by molar-refractivity contribution is 5.92. The van der Waals surface area contributed by atoms with E-state index in [1.54, 1.807) is 12.1 Å². The first-order valence-corrected chi connectivity index (χ1v) is 7.10. The zero-order valence-electron chi connectivity index (χ0n) is 13.2. The Kier molecular flexibility index (Phi) is 5.95. The summed E-state index contributed by atoms with van der Waals surface area (Å²) in [6, 6.07) is 11.4. The van der Waals surface area contributed by atoms with Gasteiger partial charge in [-0.15, -0.1) is 0 Å². The number of carbonyl (C=O) groups is 1. The highest BCUT2D eigenvalue weighted by Crippen LogP contribution is 2.31. The fraction of sp³-hybridized carbons (Fsp3) is 0.235. The van der Waals surface area contributed by atoms with Crippen molar-refractivity contribution < 1.29 is 27.8 Å². The normalized spacial score (nSPS) is 10.4. The van der Waals surface area contributed by atoms with Gasteiger partial charge in [-0.05, 0) is 31.2 Å². The number of rotatable bonds is 7. The molecule has 7 heteroatoms. The third-order valence-electron chi connectivity index (χ3n) is 3.05. The number of nitrogens with one attached hydrogen (secondary N) is 1. The van der Waals surface area contributed by atoms with E-state index in [-0.39, 0.29) is 18.1 Å². The second-order valence-corrected chi connectivity index (χ2v) is 4.89. The molecule has 2 aromatic rings. The predicted molar refractivity (Wildman–Crippen MR) is 84.9 cm³/mol. The first kappa shape index (κ1) is 17.5. The summed E-state index contributed by atoms with van der Waals surface area (Å²) >= 11 is 0. The Hall–Kier alpha value is -2.83. The topological polar surface area (TPSA) is 56.8 Å². The third kappa shape index (κ3) is 5.12. The van der Waals surface area contributed by atoms with Crippen LogP contribution in [0.15, 0.2) is 42.5 Å². The maximum atomic E-state index is 12.4. The number of hydrogen-bond donors (Lipinski definition) is 1. The van der Waals surface area contributed by atoms with Crippen LogP contribution in [-0.2, 0) is 4.79 Å². The third-order valence-corrected chi connectivity index (χ3v) is 3.05. The Bertz CT molecular complexity index is 689. The summed E-state index contributed by atoms with van der Waals surface area (Å²) < 4.78 is 39.4. The van der Waals surface area contributed by atoms with Gasteiger partial charge in [0.2, 0.25) is 0 Å². The molecule has 0 unspecified atom stereocenters. The van der Waals surface area contributed by atoms with Crippen molar-refractivity contribution in [3.8, 4) is 17.2 Å². The van der Waals surface area contributed by atoms with Crippen LogP contribution in [-0.4, -0.2) is 26.2 Å². The molecule has 0 aromatic heterocycles. The molecule has 0 aliphatic rings. The highest BCUT2D eigenvalue weighted by atomic mass is 19.3. The summed E-state index contributed by atoms with van der Waals surface area (Å²) in [5.74, 6) is 0.116. The molecule has 2 rings (SSSR count). The van der Waals surface area contributed by atoms with Gasteiger partial charge >= 0.3 is 6.61 Å². The Labute approximate surface area is 138 Å². The maximum absolute atomic E-state index is 12.4. The molecule has 0 aliphatic heterocycles. The number of benzene rings is 2. The van der Waals surface area contributed by atoms with Crippen molar-refractivity contribution in [1.82, 2.24) is 0 Å². The van der Waals surface area contributed by atoms with E-state index in [9.17, 15) is 13.6 Å². The van der Waals surface area contributed by atoms with Crippen LogP contribution in [0.5, 0.6) is 17.2 Å². The summed E-state index contributed by atoms with van der Waals surface area (Å²) in [4.78, 5) is 11.9. The van der Waals surface area contributed by atoms with E-state index in [0.29, 0.717) is 11.4 Å². The van der Waals surface area contributed by atoms with E-state index in [1.807, 2.05) is 19.1 Å². The van der Waals surface area contributed by atoms with Crippen molar-refractivity contribution in [2.75, 3.05) is 19.0 Å². The molecule has 0 aliphatic carbocycles. The van der Waals surface area contributed by atoms with Crippen LogP contribution in [0, 0.1) is 6.92 Å². The van der Waals surface area contributed by atoms with Gasteiger partial charge in [0.05, 0.1) is 7.11 Å². The first-order valence-electron chi connectivity index (χ1n) is 7.10. The monoisotopic (exact) mass is 337 g/mol. The van der Waals surface area contributed by atoms with E-state index in [0.717, 1.165) is 5.56 Å². The number of ether oxygens (including phenoxy) is 3. The van der Waals surface area contributed by atoms with E-state index in [4.69, 9.17) is 9.47 Å². The zero-order valence-corrected chi connectivity index (χ0v) is 13.2. The minimum atomic E-state index is -2.99. The van der Waals surface area contributed by atoms with Crippen LogP contribution >= 0.6 is 0 Å². The molecule has 0 heterocycles. The Morgan fingerprint density at radius 2 is 1.83 bits per heavy atom. The van der Waals surface area contributed by atoms with Gasteiger partial charge in [0.15, 0.2) is 18.1 Å². The minimum absolute atomic E-state index is 0.143. The quantitative estimate of drug-likeness (QED) is 0.838. The molecule has 1 N–H and O–H groups in total. The van der Waals surface area contributed by atoms with Crippen LogP contribution < -0.4 is 19.5 Å². The van der Waals surface area contributed by atoms with E-state index < -0.39 is 12.5 Å². The minimum Gasteiger partial charge on any atom is -0.493 e. The number of hydrogen-bond acceptors (Lipinski definition) is 4. The van der Waals surface area contributed by atoms with Crippen molar-refractivity contribution in [1.29, 1.82) is 0 Å². The Morgan fingerprint density at radius 1 is 1.12 bits per heavy atom. The molecule has 128 valence electrons. The lowest BCUT2D eigenvalue weighted by atomic mass is 10.2. The summed E-state index contributed by atoms with van der Waals surface area (Å²) in [6.07, 6.45) is 0. The second-order valence-electron chi connectivity index (χ2n) is 4.89. The highest BCUT2D eigenvalue weighted by Gasteiger charge is 2.12. The molecule has 5 nitrogen and oxygen atoms in total. The van der Waals surface area contributed by atoms with Gasteiger partial charge in [0.25, 0.3) is 5.91 Å². The van der Waals surface area contributed by atoms with Crippen LogP contribution in [0.25, 0.3) is 0 Å². The number of alkyl halides is 2. The first-order chi connectivity index (χ1) is 11.5. The van der Waals surface area contributed by atoms with E-state index in [2.05, 4.69) is 10.1 Å². The van der Waals surface area contributed by atoms with Crippen molar-refractivity contribution in [3.05, 3.63) is 48.0 Å². The molecule has 0 saturated heterocycles. The molecule has 0 atom stereocenters. The lowest BCUT2D eigenvalue weighted by Gasteiger charge is -2.12. The number of halogens is 2. The molecule has 0 spiro atoms. The van der Waals surface area contributed by atoms with Crippen LogP contribution in [0.1, 0.15) is 5.56 Å². The molecule has 1 amide bonds. The average Bonchev–Trinajstić information content (AvgIpc) is 2.54. The van der Waals surface area contributed by atoms with Crippen molar-refractivity contribution in [3.63, 3.8) is 0 Å². The van der Waals surface area contributed by atoms with Gasteiger partial charge in [-0.2, -0.15) is 8.78 Å². The average molecular weight is 337 g/mol. The number of aryl methyl sites for hydroxylation is 1. The molecule has 0 radical (unpaired) electrons. The molecule has 0 bridgehead atoms. The van der Waals surface area contributed by atoms with Gasteiger partial charge in [-0.25, -0.2) is 0 Å².